The molecule has 1 amide bonds. The summed E-state index contributed by atoms with van der Waals surface area (Å²) in [5.41, 5.74) is 1.36. The van der Waals surface area contributed by atoms with Crippen molar-refractivity contribution in [2.45, 2.75) is 38.8 Å². The second-order valence-electron chi connectivity index (χ2n) is 7.18. The molecule has 0 saturated heterocycles. The van der Waals surface area contributed by atoms with Crippen LogP contribution in [-0.2, 0) is 17.9 Å². The Hall–Kier alpha value is -2.67. The summed E-state index contributed by atoms with van der Waals surface area (Å²) < 4.78 is 3.22. The van der Waals surface area contributed by atoms with E-state index in [2.05, 4.69) is 15.4 Å². The molecule has 1 aromatic carbocycles. The summed E-state index contributed by atoms with van der Waals surface area (Å²) in [6.45, 7) is 1.37. The molecule has 8 heteroatoms. The Morgan fingerprint density at radius 3 is 2.71 bits per heavy atom. The summed E-state index contributed by atoms with van der Waals surface area (Å²) in [5.74, 6) is 0.264. The van der Waals surface area contributed by atoms with Gasteiger partial charge in [0.05, 0.1) is 19.3 Å². The van der Waals surface area contributed by atoms with E-state index in [0.29, 0.717) is 35.7 Å². The second-order valence-corrected chi connectivity index (χ2v) is 7.62. The Morgan fingerprint density at radius 1 is 1.21 bits per heavy atom. The second kappa shape index (κ2) is 8.14. The summed E-state index contributed by atoms with van der Waals surface area (Å²) >= 11 is 5.91. The van der Waals surface area contributed by atoms with E-state index in [-0.39, 0.29) is 17.4 Å². The Labute approximate surface area is 167 Å². The molecule has 3 aromatic rings. The Balaban J connectivity index is 1.44. The summed E-state index contributed by atoms with van der Waals surface area (Å²) in [7, 11) is 0. The molecule has 1 N–H and O–H groups in total. The third-order valence-electron chi connectivity index (χ3n) is 5.24. The van der Waals surface area contributed by atoms with Crippen molar-refractivity contribution in [2.75, 3.05) is 6.54 Å². The standard InChI is InChI=1S/C20H22ClN5O2/c21-16-7-5-14(6-8-16)12-25-13-23-18-17(20(25)28)11-24-26(18)10-9-22-19(27)15-3-1-2-4-15/h5-8,11,13,15H,1-4,9-10,12H2,(H,22,27). The molecule has 0 aliphatic heterocycles. The van der Waals surface area contributed by atoms with Gasteiger partial charge in [0.1, 0.15) is 11.7 Å². The molecule has 0 unspecified atom stereocenters. The van der Waals surface area contributed by atoms with Crippen LogP contribution in [0, 0.1) is 5.92 Å². The van der Waals surface area contributed by atoms with E-state index in [1.54, 1.807) is 27.6 Å². The van der Waals surface area contributed by atoms with Crippen molar-refractivity contribution in [3.8, 4) is 0 Å². The van der Waals surface area contributed by atoms with E-state index < -0.39 is 0 Å². The summed E-state index contributed by atoms with van der Waals surface area (Å²) in [6.07, 6.45) is 7.30. The van der Waals surface area contributed by atoms with Crippen LogP contribution in [0.5, 0.6) is 0 Å². The molecule has 7 nitrogen and oxygen atoms in total. The van der Waals surface area contributed by atoms with Crippen LogP contribution in [0.15, 0.2) is 41.6 Å². The number of rotatable bonds is 6. The lowest BCUT2D eigenvalue weighted by atomic mass is 10.1. The van der Waals surface area contributed by atoms with Gasteiger partial charge in [-0.25, -0.2) is 9.67 Å². The van der Waals surface area contributed by atoms with Gasteiger partial charge in [-0.1, -0.05) is 36.6 Å². The highest BCUT2D eigenvalue weighted by atomic mass is 35.5. The van der Waals surface area contributed by atoms with Crippen molar-refractivity contribution < 1.29 is 4.79 Å². The molecule has 0 spiro atoms. The molecule has 1 saturated carbocycles. The van der Waals surface area contributed by atoms with Crippen LogP contribution < -0.4 is 10.9 Å². The van der Waals surface area contributed by atoms with Gasteiger partial charge in [0.2, 0.25) is 5.91 Å². The zero-order valence-electron chi connectivity index (χ0n) is 15.5. The van der Waals surface area contributed by atoms with Crippen LogP contribution in [-0.4, -0.2) is 31.8 Å². The maximum absolute atomic E-state index is 12.7. The molecule has 4 rings (SSSR count). The van der Waals surface area contributed by atoms with Crippen LogP contribution in [0.25, 0.3) is 11.0 Å². The monoisotopic (exact) mass is 399 g/mol. The van der Waals surface area contributed by atoms with Gasteiger partial charge >= 0.3 is 0 Å². The number of amides is 1. The summed E-state index contributed by atoms with van der Waals surface area (Å²) in [4.78, 5) is 29.3. The maximum Gasteiger partial charge on any atom is 0.264 e. The molecule has 1 aliphatic rings. The van der Waals surface area contributed by atoms with Gasteiger partial charge in [-0.05, 0) is 30.5 Å². The fraction of sp³-hybridized carbons (Fsp3) is 0.400. The first kappa shape index (κ1) is 18.7. The highest BCUT2D eigenvalue weighted by molar-refractivity contribution is 6.30. The number of hydrogen-bond donors (Lipinski definition) is 1. The average molecular weight is 400 g/mol. The van der Waals surface area contributed by atoms with Crippen molar-refractivity contribution in [1.82, 2.24) is 24.6 Å². The largest absolute Gasteiger partial charge is 0.354 e. The number of benzene rings is 1. The minimum absolute atomic E-state index is 0.118. The zero-order chi connectivity index (χ0) is 19.5. The first-order valence-corrected chi connectivity index (χ1v) is 9.93. The quantitative estimate of drug-likeness (QED) is 0.690. The fourth-order valence-electron chi connectivity index (χ4n) is 3.68. The minimum Gasteiger partial charge on any atom is -0.354 e. The lowest BCUT2D eigenvalue weighted by molar-refractivity contribution is -0.124. The topological polar surface area (TPSA) is 81.8 Å². The number of halogens is 1. The van der Waals surface area contributed by atoms with Gasteiger partial charge in [-0.2, -0.15) is 5.10 Å². The van der Waals surface area contributed by atoms with Crippen LogP contribution in [0.4, 0.5) is 0 Å². The van der Waals surface area contributed by atoms with E-state index in [4.69, 9.17) is 11.6 Å². The molecule has 2 aromatic heterocycles. The Morgan fingerprint density at radius 2 is 1.96 bits per heavy atom. The molecule has 2 heterocycles. The summed E-state index contributed by atoms with van der Waals surface area (Å²) in [5, 5.41) is 8.38. The van der Waals surface area contributed by atoms with Gasteiger partial charge in [0.25, 0.3) is 5.56 Å². The predicted molar refractivity (Wildman–Crippen MR) is 107 cm³/mol. The van der Waals surface area contributed by atoms with Gasteiger partial charge in [0.15, 0.2) is 5.65 Å². The first-order chi connectivity index (χ1) is 13.6. The molecule has 28 heavy (non-hydrogen) atoms. The first-order valence-electron chi connectivity index (χ1n) is 9.55. The van der Waals surface area contributed by atoms with Gasteiger partial charge in [-0.3, -0.25) is 14.2 Å². The van der Waals surface area contributed by atoms with Gasteiger partial charge in [-0.15, -0.1) is 0 Å². The van der Waals surface area contributed by atoms with Crippen LogP contribution in [0.1, 0.15) is 31.2 Å². The molecule has 1 aliphatic carbocycles. The van der Waals surface area contributed by atoms with E-state index in [1.807, 2.05) is 12.1 Å². The third kappa shape index (κ3) is 3.94. The lowest BCUT2D eigenvalue weighted by Crippen LogP contribution is -2.32. The van der Waals surface area contributed by atoms with Gasteiger partial charge < -0.3 is 5.32 Å². The van der Waals surface area contributed by atoms with E-state index in [9.17, 15) is 9.59 Å². The Kier molecular flexibility index (Phi) is 5.43. The molecule has 0 radical (unpaired) electrons. The number of fused-ring (bicyclic) bond motifs is 1. The third-order valence-corrected chi connectivity index (χ3v) is 5.49. The number of carbonyl (C=O) groups excluding carboxylic acids is 1. The van der Waals surface area contributed by atoms with Crippen molar-refractivity contribution >= 4 is 28.5 Å². The van der Waals surface area contributed by atoms with Gasteiger partial charge in [0, 0.05) is 17.5 Å². The molecule has 0 atom stereocenters. The average Bonchev–Trinajstić information content (AvgIpc) is 3.36. The summed E-state index contributed by atoms with van der Waals surface area (Å²) in [6, 6.07) is 7.36. The smallest absolute Gasteiger partial charge is 0.264 e. The minimum atomic E-state index is -0.138. The normalized spacial score (nSPS) is 14.6. The van der Waals surface area contributed by atoms with E-state index in [0.717, 1.165) is 31.2 Å². The maximum atomic E-state index is 12.7. The molecule has 146 valence electrons. The number of aromatic nitrogens is 4. The molecule has 0 bridgehead atoms. The zero-order valence-corrected chi connectivity index (χ0v) is 16.2. The van der Waals surface area contributed by atoms with Crippen LogP contribution in [0.3, 0.4) is 0 Å². The SMILES string of the molecule is O=C(NCCn1ncc2c(=O)n(Cc3ccc(Cl)cc3)cnc21)C1CCCC1. The van der Waals surface area contributed by atoms with E-state index >= 15 is 0 Å². The molecule has 1 fully saturated rings. The number of hydrogen-bond acceptors (Lipinski definition) is 4. The molecular weight excluding hydrogens is 378 g/mol. The van der Waals surface area contributed by atoms with Crippen LogP contribution in [0.2, 0.25) is 5.02 Å². The highest BCUT2D eigenvalue weighted by Gasteiger charge is 2.22. The number of nitrogens with one attached hydrogen (secondary N) is 1. The lowest BCUT2D eigenvalue weighted by Gasteiger charge is -2.10. The highest BCUT2D eigenvalue weighted by Crippen LogP contribution is 2.24. The molecular formula is C20H22ClN5O2. The number of carbonyl (C=O) groups is 1. The van der Waals surface area contributed by atoms with Crippen molar-refractivity contribution in [3.63, 3.8) is 0 Å². The predicted octanol–water partition coefficient (Wildman–Crippen LogP) is 2.60. The van der Waals surface area contributed by atoms with Crippen molar-refractivity contribution in [3.05, 3.63) is 57.7 Å². The van der Waals surface area contributed by atoms with Crippen molar-refractivity contribution in [1.29, 1.82) is 0 Å². The Bertz CT molecular complexity index is 1030. The number of nitrogens with zero attached hydrogens (tertiary/aromatic N) is 4. The van der Waals surface area contributed by atoms with E-state index in [1.165, 1.54) is 6.33 Å². The fourth-order valence-corrected chi connectivity index (χ4v) is 3.80. The van der Waals surface area contributed by atoms with Crippen molar-refractivity contribution in [2.24, 2.45) is 5.92 Å². The van der Waals surface area contributed by atoms with Crippen LogP contribution >= 0.6 is 11.6 Å².